The maximum absolute atomic E-state index is 4.30. The molecule has 0 heterocycles. The van der Waals surface area contributed by atoms with Crippen molar-refractivity contribution >= 4 is 11.1 Å². The van der Waals surface area contributed by atoms with Crippen LogP contribution in [0.3, 0.4) is 0 Å². The molecule has 0 bridgehead atoms. The van der Waals surface area contributed by atoms with Gasteiger partial charge in [-0.25, -0.2) is 0 Å². The van der Waals surface area contributed by atoms with Crippen LogP contribution in [-0.2, 0) is 5.41 Å². The quantitative estimate of drug-likeness (QED) is 0.422. The predicted octanol–water partition coefficient (Wildman–Crippen LogP) is 7.90. The lowest BCUT2D eigenvalue weighted by atomic mass is 9.68. The maximum atomic E-state index is 4.30. The minimum atomic E-state index is -0.311. The van der Waals surface area contributed by atoms with E-state index in [2.05, 4.69) is 104 Å². The lowest BCUT2D eigenvalue weighted by Crippen LogP contribution is -2.27. The smallest absolute Gasteiger partial charge is 0.0722 e. The second-order valence-corrected chi connectivity index (χ2v) is 8.44. The van der Waals surface area contributed by atoms with Crippen LogP contribution in [0, 0.1) is 0 Å². The van der Waals surface area contributed by atoms with Crippen molar-refractivity contribution in [1.82, 2.24) is 0 Å². The maximum Gasteiger partial charge on any atom is 0.0722 e. The van der Waals surface area contributed by atoms with Crippen molar-refractivity contribution in [3.05, 3.63) is 144 Å². The Labute approximate surface area is 184 Å². The van der Waals surface area contributed by atoms with Gasteiger partial charge in [0.05, 0.1) is 5.41 Å². The van der Waals surface area contributed by atoms with Crippen molar-refractivity contribution in [1.29, 1.82) is 0 Å². The van der Waals surface area contributed by atoms with E-state index in [1.54, 1.807) is 0 Å². The van der Waals surface area contributed by atoms with E-state index in [0.29, 0.717) is 0 Å². The molecular weight excluding hydrogens is 372 g/mol. The number of allylic oxidation sites excluding steroid dienone is 8. The Morgan fingerprint density at radius 2 is 1.39 bits per heavy atom. The molecule has 0 saturated heterocycles. The molecule has 0 radical (unpaired) electrons. The van der Waals surface area contributed by atoms with Gasteiger partial charge in [-0.2, -0.15) is 0 Å². The van der Waals surface area contributed by atoms with Crippen LogP contribution in [0.25, 0.3) is 22.3 Å². The van der Waals surface area contributed by atoms with E-state index >= 15 is 0 Å². The van der Waals surface area contributed by atoms with Crippen molar-refractivity contribution in [3.8, 4) is 11.1 Å². The SMILES string of the molecule is C=CC1=C(C=C)C2(C3=CCCC=C3c3ccccc32)c2cccc(-c3ccccc3)c21. The van der Waals surface area contributed by atoms with Crippen LogP contribution in [0.1, 0.15) is 35.1 Å². The third kappa shape index (κ3) is 2.20. The largest absolute Gasteiger partial charge is 0.0987 e. The highest BCUT2D eigenvalue weighted by Gasteiger charge is 2.53. The van der Waals surface area contributed by atoms with Crippen LogP contribution >= 0.6 is 0 Å². The molecule has 148 valence electrons. The molecule has 3 aromatic rings. The van der Waals surface area contributed by atoms with E-state index in [1.165, 1.54) is 55.7 Å². The number of rotatable bonds is 3. The van der Waals surface area contributed by atoms with Crippen molar-refractivity contribution in [3.63, 3.8) is 0 Å². The van der Waals surface area contributed by atoms with E-state index in [1.807, 2.05) is 6.08 Å². The van der Waals surface area contributed by atoms with Crippen LogP contribution in [0.2, 0.25) is 0 Å². The summed E-state index contributed by atoms with van der Waals surface area (Å²) in [4.78, 5) is 0. The summed E-state index contributed by atoms with van der Waals surface area (Å²) >= 11 is 0. The van der Waals surface area contributed by atoms with E-state index in [0.717, 1.165) is 12.8 Å². The molecule has 3 aliphatic carbocycles. The van der Waals surface area contributed by atoms with Crippen molar-refractivity contribution in [2.24, 2.45) is 0 Å². The molecule has 6 rings (SSSR count). The molecule has 0 N–H and O–H groups in total. The van der Waals surface area contributed by atoms with Crippen molar-refractivity contribution < 1.29 is 0 Å². The summed E-state index contributed by atoms with van der Waals surface area (Å²) in [5, 5.41) is 0. The zero-order chi connectivity index (χ0) is 21.0. The van der Waals surface area contributed by atoms with Gasteiger partial charge in [0.1, 0.15) is 0 Å². The summed E-state index contributed by atoms with van der Waals surface area (Å²) in [6.07, 6.45) is 11.2. The van der Waals surface area contributed by atoms with Crippen LogP contribution in [0.4, 0.5) is 0 Å². The van der Waals surface area contributed by atoms with E-state index < -0.39 is 0 Å². The topological polar surface area (TPSA) is 0 Å². The Morgan fingerprint density at radius 1 is 0.677 bits per heavy atom. The standard InChI is InChI=1S/C31H24/c1-3-22-26(4-2)31(27-18-10-8-15-24(27)25-16-9-11-19-28(25)31)29-20-12-17-23(30(22)29)21-13-6-5-7-14-21/h3-8,10,12-20H,1-2,9,11H2. The zero-order valence-electron chi connectivity index (χ0n) is 17.6. The van der Waals surface area contributed by atoms with Gasteiger partial charge in [0.15, 0.2) is 0 Å². The summed E-state index contributed by atoms with van der Waals surface area (Å²) in [7, 11) is 0. The summed E-state index contributed by atoms with van der Waals surface area (Å²) in [5.41, 5.74) is 12.8. The van der Waals surface area contributed by atoms with Crippen LogP contribution in [0.5, 0.6) is 0 Å². The molecule has 1 spiro atoms. The monoisotopic (exact) mass is 396 g/mol. The minimum absolute atomic E-state index is 0.311. The van der Waals surface area contributed by atoms with Crippen molar-refractivity contribution in [2.75, 3.05) is 0 Å². The fraction of sp³-hybridized carbons (Fsp3) is 0.0968. The normalized spacial score (nSPS) is 20.6. The first-order chi connectivity index (χ1) is 15.3. The minimum Gasteiger partial charge on any atom is -0.0987 e. The predicted molar refractivity (Wildman–Crippen MR) is 132 cm³/mol. The van der Waals surface area contributed by atoms with Gasteiger partial charge in [-0.05, 0) is 68.5 Å². The fourth-order valence-electron chi connectivity index (χ4n) is 6.03. The Hall–Kier alpha value is -3.64. The van der Waals surface area contributed by atoms with Crippen LogP contribution in [-0.4, -0.2) is 0 Å². The molecule has 1 atom stereocenters. The third-order valence-corrected chi connectivity index (χ3v) is 7.10. The number of fused-ring (bicyclic) bond motifs is 7. The molecule has 0 aromatic heterocycles. The highest BCUT2D eigenvalue weighted by molar-refractivity contribution is 6.04. The van der Waals surface area contributed by atoms with Gasteiger partial charge in [0, 0.05) is 0 Å². The molecule has 0 fully saturated rings. The number of hydrogen-bond acceptors (Lipinski definition) is 0. The van der Waals surface area contributed by atoms with Gasteiger partial charge in [-0.15, -0.1) is 0 Å². The van der Waals surface area contributed by atoms with Gasteiger partial charge in [-0.1, -0.05) is 110 Å². The average molecular weight is 397 g/mol. The summed E-state index contributed by atoms with van der Waals surface area (Å²) in [6.45, 7) is 8.55. The fourth-order valence-corrected chi connectivity index (χ4v) is 6.03. The Morgan fingerprint density at radius 3 is 2.19 bits per heavy atom. The van der Waals surface area contributed by atoms with Gasteiger partial charge >= 0.3 is 0 Å². The summed E-state index contributed by atoms with van der Waals surface area (Å²) < 4.78 is 0. The molecule has 3 aliphatic rings. The lowest BCUT2D eigenvalue weighted by molar-refractivity contribution is 0.776. The highest BCUT2D eigenvalue weighted by Crippen LogP contribution is 2.64. The Kier molecular flexibility index (Phi) is 3.91. The number of benzene rings is 3. The molecule has 31 heavy (non-hydrogen) atoms. The molecule has 0 amide bonds. The Bertz CT molecular complexity index is 1340. The van der Waals surface area contributed by atoms with Crippen molar-refractivity contribution in [2.45, 2.75) is 18.3 Å². The first-order valence-corrected chi connectivity index (χ1v) is 11.0. The molecule has 0 heteroatoms. The molecule has 0 aliphatic heterocycles. The zero-order valence-corrected chi connectivity index (χ0v) is 17.6. The molecular formula is C31H24. The van der Waals surface area contributed by atoms with Gasteiger partial charge in [0.25, 0.3) is 0 Å². The average Bonchev–Trinajstić information content (AvgIpc) is 3.31. The first-order valence-electron chi connectivity index (χ1n) is 11.0. The second-order valence-electron chi connectivity index (χ2n) is 8.44. The highest BCUT2D eigenvalue weighted by atomic mass is 14.5. The second kappa shape index (κ2) is 6.68. The molecule has 1 unspecified atom stereocenters. The first kappa shape index (κ1) is 18.2. The van der Waals surface area contributed by atoms with Crippen LogP contribution in [0.15, 0.2) is 121 Å². The summed E-state index contributed by atoms with van der Waals surface area (Å²) in [5.74, 6) is 0. The number of hydrogen-bond donors (Lipinski definition) is 0. The summed E-state index contributed by atoms with van der Waals surface area (Å²) in [6, 6.07) is 26.4. The molecule has 3 aromatic carbocycles. The molecule has 0 saturated carbocycles. The lowest BCUT2D eigenvalue weighted by Gasteiger charge is -2.33. The van der Waals surface area contributed by atoms with Gasteiger partial charge in [0.2, 0.25) is 0 Å². The Balaban J connectivity index is 1.79. The van der Waals surface area contributed by atoms with Gasteiger partial charge in [-0.3, -0.25) is 0 Å². The van der Waals surface area contributed by atoms with E-state index in [-0.39, 0.29) is 5.41 Å². The third-order valence-electron chi connectivity index (χ3n) is 7.10. The van der Waals surface area contributed by atoms with Gasteiger partial charge < -0.3 is 0 Å². The van der Waals surface area contributed by atoms with E-state index in [9.17, 15) is 0 Å². The molecule has 0 nitrogen and oxygen atoms in total. The van der Waals surface area contributed by atoms with E-state index in [4.69, 9.17) is 0 Å². The van der Waals surface area contributed by atoms with Crippen LogP contribution < -0.4 is 0 Å².